The molecule has 2 unspecified atom stereocenters. The largest absolute Gasteiger partial charge is 0.320 e. The van der Waals surface area contributed by atoms with Crippen LogP contribution in [0.1, 0.15) is 39.0 Å². The van der Waals surface area contributed by atoms with Crippen LogP contribution in [0.5, 0.6) is 0 Å². The standard InChI is InChI=1S/C11H23NS/c1-10-5-3-6-11(9-10)13-8-4-7-12-2/h10-12H,3-9H2,1-2H3. The molecular formula is C11H23NS. The van der Waals surface area contributed by atoms with E-state index in [9.17, 15) is 0 Å². The van der Waals surface area contributed by atoms with Crippen LogP contribution in [0.4, 0.5) is 0 Å². The fourth-order valence-corrected chi connectivity index (χ4v) is 3.47. The summed E-state index contributed by atoms with van der Waals surface area (Å²) in [6, 6.07) is 0. The zero-order chi connectivity index (χ0) is 9.52. The van der Waals surface area contributed by atoms with Crippen LogP contribution in [-0.4, -0.2) is 24.6 Å². The normalized spacial score (nSPS) is 29.1. The lowest BCUT2D eigenvalue weighted by Crippen LogP contribution is -2.16. The van der Waals surface area contributed by atoms with Crippen LogP contribution in [0.15, 0.2) is 0 Å². The fourth-order valence-electron chi connectivity index (χ4n) is 2.03. The van der Waals surface area contributed by atoms with E-state index in [1.165, 1.54) is 44.4 Å². The Kier molecular flexibility index (Phi) is 5.88. The third kappa shape index (κ3) is 4.92. The van der Waals surface area contributed by atoms with Crippen molar-refractivity contribution in [2.45, 2.75) is 44.3 Å². The molecule has 0 spiro atoms. The van der Waals surface area contributed by atoms with Crippen LogP contribution < -0.4 is 5.32 Å². The van der Waals surface area contributed by atoms with E-state index < -0.39 is 0 Å². The third-order valence-corrected chi connectivity index (χ3v) is 4.24. The molecule has 1 aliphatic rings. The van der Waals surface area contributed by atoms with Gasteiger partial charge in [-0.25, -0.2) is 0 Å². The van der Waals surface area contributed by atoms with Gasteiger partial charge in [0, 0.05) is 5.25 Å². The molecule has 0 aliphatic heterocycles. The van der Waals surface area contributed by atoms with E-state index in [2.05, 4.69) is 24.0 Å². The van der Waals surface area contributed by atoms with Crippen LogP contribution in [0, 0.1) is 5.92 Å². The van der Waals surface area contributed by atoms with Crippen LogP contribution in [0.3, 0.4) is 0 Å². The topological polar surface area (TPSA) is 12.0 Å². The first-order valence-corrected chi connectivity index (χ1v) is 6.64. The lowest BCUT2D eigenvalue weighted by Gasteiger charge is -2.26. The number of rotatable bonds is 5. The summed E-state index contributed by atoms with van der Waals surface area (Å²) >= 11 is 2.20. The van der Waals surface area contributed by atoms with Gasteiger partial charge in [-0.05, 0) is 44.5 Å². The molecule has 2 atom stereocenters. The highest BCUT2D eigenvalue weighted by molar-refractivity contribution is 7.99. The lowest BCUT2D eigenvalue weighted by atomic mass is 9.91. The van der Waals surface area contributed by atoms with Crippen molar-refractivity contribution in [3.8, 4) is 0 Å². The van der Waals surface area contributed by atoms with Crippen molar-refractivity contribution in [2.75, 3.05) is 19.3 Å². The number of nitrogens with one attached hydrogen (secondary N) is 1. The second kappa shape index (κ2) is 6.72. The Morgan fingerprint density at radius 2 is 2.23 bits per heavy atom. The molecule has 0 saturated heterocycles. The summed E-state index contributed by atoms with van der Waals surface area (Å²) < 4.78 is 0. The van der Waals surface area contributed by atoms with Crippen molar-refractivity contribution >= 4 is 11.8 Å². The van der Waals surface area contributed by atoms with Gasteiger partial charge in [0.2, 0.25) is 0 Å². The summed E-state index contributed by atoms with van der Waals surface area (Å²) in [5.41, 5.74) is 0. The first-order valence-electron chi connectivity index (χ1n) is 5.59. The first-order chi connectivity index (χ1) is 6.33. The Labute approximate surface area is 87.1 Å². The van der Waals surface area contributed by atoms with E-state index in [1.54, 1.807) is 0 Å². The van der Waals surface area contributed by atoms with Crippen molar-refractivity contribution in [3.63, 3.8) is 0 Å². The molecule has 1 fully saturated rings. The van der Waals surface area contributed by atoms with E-state index in [-0.39, 0.29) is 0 Å². The van der Waals surface area contributed by atoms with Gasteiger partial charge in [0.05, 0.1) is 0 Å². The zero-order valence-electron chi connectivity index (χ0n) is 9.01. The van der Waals surface area contributed by atoms with Gasteiger partial charge in [0.15, 0.2) is 0 Å². The molecule has 0 heterocycles. The Hall–Kier alpha value is 0.310. The molecule has 0 aromatic rings. The van der Waals surface area contributed by atoms with Gasteiger partial charge in [-0.15, -0.1) is 0 Å². The van der Waals surface area contributed by atoms with Crippen molar-refractivity contribution in [2.24, 2.45) is 5.92 Å². The molecule has 1 rings (SSSR count). The number of hydrogen-bond acceptors (Lipinski definition) is 2. The molecule has 0 aromatic carbocycles. The lowest BCUT2D eigenvalue weighted by molar-refractivity contribution is 0.394. The average Bonchev–Trinajstić information content (AvgIpc) is 2.13. The van der Waals surface area contributed by atoms with Crippen molar-refractivity contribution in [1.82, 2.24) is 5.32 Å². The third-order valence-electron chi connectivity index (χ3n) is 2.81. The van der Waals surface area contributed by atoms with Crippen molar-refractivity contribution < 1.29 is 0 Å². The Balaban J connectivity index is 2.00. The smallest absolute Gasteiger partial charge is 0.00495 e. The van der Waals surface area contributed by atoms with Crippen LogP contribution in [0.2, 0.25) is 0 Å². The maximum atomic E-state index is 3.20. The maximum absolute atomic E-state index is 3.20. The molecule has 0 amide bonds. The molecular weight excluding hydrogens is 178 g/mol. The minimum absolute atomic E-state index is 0.973. The van der Waals surface area contributed by atoms with Crippen LogP contribution in [-0.2, 0) is 0 Å². The molecule has 1 N–H and O–H groups in total. The predicted molar refractivity (Wildman–Crippen MR) is 62.4 cm³/mol. The van der Waals surface area contributed by atoms with E-state index in [4.69, 9.17) is 0 Å². The summed E-state index contributed by atoms with van der Waals surface area (Å²) in [5, 5.41) is 4.17. The SMILES string of the molecule is CNCCCSC1CCCC(C)C1. The molecule has 0 bridgehead atoms. The molecule has 1 nitrogen and oxygen atoms in total. The Morgan fingerprint density at radius 1 is 1.38 bits per heavy atom. The molecule has 13 heavy (non-hydrogen) atoms. The zero-order valence-corrected chi connectivity index (χ0v) is 9.83. The molecule has 1 saturated carbocycles. The summed E-state index contributed by atoms with van der Waals surface area (Å²) in [4.78, 5) is 0. The van der Waals surface area contributed by atoms with Crippen molar-refractivity contribution in [3.05, 3.63) is 0 Å². The van der Waals surface area contributed by atoms with Gasteiger partial charge in [-0.1, -0.05) is 19.8 Å². The first kappa shape index (κ1) is 11.4. The highest BCUT2D eigenvalue weighted by Crippen LogP contribution is 2.31. The molecule has 78 valence electrons. The minimum atomic E-state index is 0.973. The van der Waals surface area contributed by atoms with Gasteiger partial charge in [-0.2, -0.15) is 11.8 Å². The summed E-state index contributed by atoms with van der Waals surface area (Å²) in [7, 11) is 2.04. The van der Waals surface area contributed by atoms with Gasteiger partial charge in [-0.3, -0.25) is 0 Å². The second-order valence-corrected chi connectivity index (χ2v) is 5.63. The van der Waals surface area contributed by atoms with E-state index in [0.29, 0.717) is 0 Å². The molecule has 0 radical (unpaired) electrons. The minimum Gasteiger partial charge on any atom is -0.320 e. The number of thioether (sulfide) groups is 1. The fraction of sp³-hybridized carbons (Fsp3) is 1.00. The second-order valence-electron chi connectivity index (χ2n) is 4.22. The van der Waals surface area contributed by atoms with E-state index >= 15 is 0 Å². The van der Waals surface area contributed by atoms with E-state index in [0.717, 1.165) is 11.2 Å². The van der Waals surface area contributed by atoms with Crippen LogP contribution >= 0.6 is 11.8 Å². The Bertz CT molecular complexity index is 127. The van der Waals surface area contributed by atoms with Crippen LogP contribution in [0.25, 0.3) is 0 Å². The van der Waals surface area contributed by atoms with Gasteiger partial charge < -0.3 is 5.32 Å². The molecule has 2 heteroatoms. The molecule has 1 aliphatic carbocycles. The summed E-state index contributed by atoms with van der Waals surface area (Å²) in [5.74, 6) is 2.33. The summed E-state index contributed by atoms with van der Waals surface area (Å²) in [6.07, 6.45) is 7.18. The average molecular weight is 201 g/mol. The highest BCUT2D eigenvalue weighted by Gasteiger charge is 2.18. The predicted octanol–water partition coefficient (Wildman–Crippen LogP) is 2.91. The van der Waals surface area contributed by atoms with Gasteiger partial charge >= 0.3 is 0 Å². The maximum Gasteiger partial charge on any atom is 0.00495 e. The monoisotopic (exact) mass is 201 g/mol. The van der Waals surface area contributed by atoms with Crippen molar-refractivity contribution in [1.29, 1.82) is 0 Å². The highest BCUT2D eigenvalue weighted by atomic mass is 32.2. The van der Waals surface area contributed by atoms with Gasteiger partial charge in [0.25, 0.3) is 0 Å². The van der Waals surface area contributed by atoms with Gasteiger partial charge in [0.1, 0.15) is 0 Å². The quantitative estimate of drug-likeness (QED) is 0.686. The molecule has 0 aromatic heterocycles. The number of hydrogen-bond donors (Lipinski definition) is 1. The Morgan fingerprint density at radius 3 is 2.92 bits per heavy atom. The summed E-state index contributed by atoms with van der Waals surface area (Å²) in [6.45, 7) is 3.58. The van der Waals surface area contributed by atoms with E-state index in [1.807, 2.05) is 7.05 Å².